The van der Waals surface area contributed by atoms with Gasteiger partial charge >= 0.3 is 11.9 Å². The number of nitrogens with one attached hydrogen (secondary N) is 1. The van der Waals surface area contributed by atoms with Gasteiger partial charge in [-0.25, -0.2) is 9.59 Å². The number of ether oxygens (including phenoxy) is 2. The van der Waals surface area contributed by atoms with Gasteiger partial charge in [-0.05, 0) is 24.5 Å². The highest BCUT2D eigenvalue weighted by atomic mass is 16.5. The van der Waals surface area contributed by atoms with Crippen molar-refractivity contribution in [3.05, 3.63) is 41.5 Å². The summed E-state index contributed by atoms with van der Waals surface area (Å²) in [5, 5.41) is 2.54. The summed E-state index contributed by atoms with van der Waals surface area (Å²) in [5.74, 6) is -1.79. The first-order valence-corrected chi connectivity index (χ1v) is 8.16. The Kier molecular flexibility index (Phi) is 8.39. The van der Waals surface area contributed by atoms with Crippen molar-refractivity contribution in [1.82, 2.24) is 5.32 Å². The van der Waals surface area contributed by atoms with Gasteiger partial charge in [-0.3, -0.25) is 4.79 Å². The van der Waals surface area contributed by atoms with Crippen molar-refractivity contribution in [1.29, 1.82) is 0 Å². The van der Waals surface area contributed by atoms with Crippen LogP contribution in [0.1, 0.15) is 31.4 Å². The van der Waals surface area contributed by atoms with Crippen LogP contribution in [0.5, 0.6) is 0 Å². The number of benzene rings is 1. The SMILES string of the molecule is CC[C@@H](C)[C@@H](NC(=O)COC(=O)/C=C/c1cccc(C)c1)C(=O)OC. The standard InChI is InChI=1S/C19H25NO5/c1-5-14(3)18(19(23)24-4)20-16(21)12-25-17(22)10-9-15-8-6-7-13(2)11-15/h6-11,14,18H,5,12H2,1-4H3,(H,20,21)/b10-9+/t14-,18-/m1/s1. The van der Waals surface area contributed by atoms with Crippen molar-refractivity contribution in [2.24, 2.45) is 5.92 Å². The van der Waals surface area contributed by atoms with Crippen LogP contribution in [0.15, 0.2) is 30.3 Å². The Labute approximate surface area is 148 Å². The summed E-state index contributed by atoms with van der Waals surface area (Å²) in [7, 11) is 1.26. The van der Waals surface area contributed by atoms with Gasteiger partial charge in [-0.1, -0.05) is 50.1 Å². The lowest BCUT2D eigenvalue weighted by Gasteiger charge is -2.21. The molecule has 0 aliphatic carbocycles. The first kappa shape index (κ1) is 20.4. The maximum atomic E-state index is 11.9. The van der Waals surface area contributed by atoms with Crippen LogP contribution in [-0.2, 0) is 23.9 Å². The molecule has 0 saturated heterocycles. The molecule has 0 heterocycles. The fourth-order valence-corrected chi connectivity index (χ4v) is 2.13. The molecule has 0 bridgehead atoms. The summed E-state index contributed by atoms with van der Waals surface area (Å²) in [6, 6.07) is 6.86. The minimum absolute atomic E-state index is 0.0895. The van der Waals surface area contributed by atoms with E-state index in [4.69, 9.17) is 4.74 Å². The van der Waals surface area contributed by atoms with Gasteiger partial charge in [-0.15, -0.1) is 0 Å². The largest absolute Gasteiger partial charge is 0.467 e. The van der Waals surface area contributed by atoms with Crippen molar-refractivity contribution in [3.63, 3.8) is 0 Å². The Bertz CT molecular complexity index is 638. The molecule has 1 rings (SSSR count). The van der Waals surface area contributed by atoms with Gasteiger partial charge in [0.1, 0.15) is 6.04 Å². The minimum Gasteiger partial charge on any atom is -0.467 e. The average molecular weight is 347 g/mol. The number of carbonyl (C=O) groups excluding carboxylic acids is 3. The lowest BCUT2D eigenvalue weighted by molar-refractivity contribution is -0.148. The van der Waals surface area contributed by atoms with E-state index in [1.165, 1.54) is 13.2 Å². The highest BCUT2D eigenvalue weighted by Gasteiger charge is 2.26. The predicted molar refractivity (Wildman–Crippen MR) is 94.6 cm³/mol. The number of hydrogen-bond donors (Lipinski definition) is 1. The van der Waals surface area contributed by atoms with Gasteiger partial charge < -0.3 is 14.8 Å². The molecule has 0 radical (unpaired) electrons. The van der Waals surface area contributed by atoms with E-state index in [0.717, 1.165) is 11.1 Å². The smallest absolute Gasteiger partial charge is 0.331 e. The van der Waals surface area contributed by atoms with Gasteiger partial charge in [-0.2, -0.15) is 0 Å². The zero-order chi connectivity index (χ0) is 18.8. The Morgan fingerprint density at radius 2 is 2.00 bits per heavy atom. The van der Waals surface area contributed by atoms with Crippen LogP contribution in [0.2, 0.25) is 0 Å². The molecule has 1 N–H and O–H groups in total. The number of aryl methyl sites for hydroxylation is 1. The first-order valence-electron chi connectivity index (χ1n) is 8.16. The molecule has 0 saturated carbocycles. The number of carbonyl (C=O) groups is 3. The summed E-state index contributed by atoms with van der Waals surface area (Å²) in [5.41, 5.74) is 1.94. The van der Waals surface area contributed by atoms with Gasteiger partial charge in [0, 0.05) is 6.08 Å². The van der Waals surface area contributed by atoms with Crippen LogP contribution in [-0.4, -0.2) is 37.6 Å². The van der Waals surface area contributed by atoms with E-state index in [1.807, 2.05) is 45.0 Å². The van der Waals surface area contributed by atoms with Gasteiger partial charge in [0.2, 0.25) is 0 Å². The second-order valence-corrected chi connectivity index (χ2v) is 5.81. The second kappa shape index (κ2) is 10.3. The summed E-state index contributed by atoms with van der Waals surface area (Å²) in [4.78, 5) is 35.3. The second-order valence-electron chi connectivity index (χ2n) is 5.81. The number of rotatable bonds is 8. The quantitative estimate of drug-likeness (QED) is 0.576. The fraction of sp³-hybridized carbons (Fsp3) is 0.421. The summed E-state index contributed by atoms with van der Waals surface area (Å²) < 4.78 is 9.58. The molecule has 0 fully saturated rings. The van der Waals surface area contributed by atoms with Gasteiger partial charge in [0.25, 0.3) is 5.91 Å². The van der Waals surface area contributed by atoms with Crippen LogP contribution >= 0.6 is 0 Å². The molecule has 0 spiro atoms. The lowest BCUT2D eigenvalue weighted by Crippen LogP contribution is -2.47. The molecule has 0 aliphatic heterocycles. The third-order valence-electron chi connectivity index (χ3n) is 3.78. The topological polar surface area (TPSA) is 81.7 Å². The minimum atomic E-state index is -0.760. The maximum absolute atomic E-state index is 11.9. The molecule has 1 amide bonds. The van der Waals surface area contributed by atoms with E-state index in [0.29, 0.717) is 6.42 Å². The molecular formula is C19H25NO5. The zero-order valence-corrected chi connectivity index (χ0v) is 15.1. The van der Waals surface area contributed by atoms with Crippen molar-refractivity contribution in [2.45, 2.75) is 33.2 Å². The van der Waals surface area contributed by atoms with E-state index in [1.54, 1.807) is 6.08 Å². The maximum Gasteiger partial charge on any atom is 0.331 e. The Balaban J connectivity index is 2.51. The van der Waals surface area contributed by atoms with E-state index in [9.17, 15) is 14.4 Å². The monoisotopic (exact) mass is 347 g/mol. The summed E-state index contributed by atoms with van der Waals surface area (Å²) in [6.07, 6.45) is 3.57. The predicted octanol–water partition coefficient (Wildman–Crippen LogP) is 2.26. The molecule has 6 nitrogen and oxygen atoms in total. The summed E-state index contributed by atoms with van der Waals surface area (Å²) in [6.45, 7) is 5.23. The molecule has 2 atom stereocenters. The van der Waals surface area contributed by atoms with E-state index in [-0.39, 0.29) is 5.92 Å². The number of methoxy groups -OCH3 is 1. The molecule has 0 aromatic heterocycles. The Morgan fingerprint density at radius 3 is 2.60 bits per heavy atom. The van der Waals surface area contributed by atoms with Crippen LogP contribution < -0.4 is 5.32 Å². The molecule has 1 aromatic carbocycles. The van der Waals surface area contributed by atoms with Crippen LogP contribution in [0.25, 0.3) is 6.08 Å². The van der Waals surface area contributed by atoms with Crippen LogP contribution in [0.4, 0.5) is 0 Å². The van der Waals surface area contributed by atoms with E-state index < -0.39 is 30.5 Å². The Hall–Kier alpha value is -2.63. The molecule has 0 unspecified atom stereocenters. The van der Waals surface area contributed by atoms with Gasteiger partial charge in [0.05, 0.1) is 7.11 Å². The van der Waals surface area contributed by atoms with Crippen molar-refractivity contribution < 1.29 is 23.9 Å². The fourth-order valence-electron chi connectivity index (χ4n) is 2.13. The molecule has 136 valence electrons. The highest BCUT2D eigenvalue weighted by molar-refractivity contribution is 5.90. The number of hydrogen-bond acceptors (Lipinski definition) is 5. The number of esters is 2. The third kappa shape index (κ3) is 7.20. The number of amides is 1. The molecule has 1 aromatic rings. The summed E-state index contributed by atoms with van der Waals surface area (Å²) >= 11 is 0. The van der Waals surface area contributed by atoms with Crippen molar-refractivity contribution >= 4 is 23.9 Å². The van der Waals surface area contributed by atoms with Crippen molar-refractivity contribution in [3.8, 4) is 0 Å². The first-order chi connectivity index (χ1) is 11.9. The van der Waals surface area contributed by atoms with Gasteiger partial charge in [0.15, 0.2) is 6.61 Å². The lowest BCUT2D eigenvalue weighted by atomic mass is 9.99. The van der Waals surface area contributed by atoms with E-state index in [2.05, 4.69) is 10.1 Å². The normalized spacial score (nSPS) is 13.1. The zero-order valence-electron chi connectivity index (χ0n) is 15.1. The molecule has 6 heteroatoms. The van der Waals surface area contributed by atoms with Crippen molar-refractivity contribution in [2.75, 3.05) is 13.7 Å². The van der Waals surface area contributed by atoms with E-state index >= 15 is 0 Å². The molecular weight excluding hydrogens is 322 g/mol. The highest BCUT2D eigenvalue weighted by Crippen LogP contribution is 2.09. The third-order valence-corrected chi connectivity index (χ3v) is 3.78. The Morgan fingerprint density at radius 1 is 1.28 bits per heavy atom. The molecule has 0 aliphatic rings. The van der Waals surface area contributed by atoms with Crippen LogP contribution in [0, 0.1) is 12.8 Å². The average Bonchev–Trinajstić information content (AvgIpc) is 2.61. The molecule has 25 heavy (non-hydrogen) atoms. The van der Waals surface area contributed by atoms with Crippen LogP contribution in [0.3, 0.4) is 0 Å².